The number of ether oxygens (including phenoxy) is 2. The minimum absolute atomic E-state index is 0.105. The fourth-order valence-corrected chi connectivity index (χ4v) is 2.34. The highest BCUT2D eigenvalue weighted by Crippen LogP contribution is 2.25. The molecule has 1 unspecified atom stereocenters. The van der Waals surface area contributed by atoms with E-state index in [-0.39, 0.29) is 24.3 Å². The molecule has 1 atom stereocenters. The van der Waals surface area contributed by atoms with Crippen LogP contribution in [-0.2, 0) is 19.1 Å². The van der Waals surface area contributed by atoms with Crippen LogP contribution in [-0.4, -0.2) is 61.9 Å². The molecule has 1 saturated heterocycles. The van der Waals surface area contributed by atoms with E-state index in [1.807, 2.05) is 6.92 Å². The molecule has 0 saturated carbocycles. The first-order valence-electron chi connectivity index (χ1n) is 6.63. The Morgan fingerprint density at radius 1 is 1.42 bits per heavy atom. The first kappa shape index (κ1) is 15.9. The Morgan fingerprint density at radius 3 is 2.58 bits per heavy atom. The Hall–Kier alpha value is -1.14. The lowest BCUT2D eigenvalue weighted by molar-refractivity contribution is -0.148. The number of amides is 1. The highest BCUT2D eigenvalue weighted by molar-refractivity contribution is 5.83. The van der Waals surface area contributed by atoms with E-state index in [0.29, 0.717) is 26.4 Å². The summed E-state index contributed by atoms with van der Waals surface area (Å²) in [6.45, 7) is 3.63. The van der Waals surface area contributed by atoms with E-state index in [1.165, 1.54) is 12.0 Å². The van der Waals surface area contributed by atoms with Gasteiger partial charge in [-0.15, -0.1) is 0 Å². The molecule has 1 rings (SSSR count). The van der Waals surface area contributed by atoms with Crippen molar-refractivity contribution in [1.82, 2.24) is 4.90 Å². The van der Waals surface area contributed by atoms with Crippen LogP contribution in [0.25, 0.3) is 0 Å². The van der Waals surface area contributed by atoms with Crippen LogP contribution < -0.4 is 0 Å². The normalized spacial score (nSPS) is 18.0. The molecule has 0 spiro atoms. The van der Waals surface area contributed by atoms with Gasteiger partial charge in [-0.25, -0.2) is 0 Å². The predicted octanol–water partition coefficient (Wildman–Crippen LogP) is 0.609. The maximum Gasteiger partial charge on any atom is 0.323 e. The number of hydrogen-bond donors (Lipinski definition) is 1. The van der Waals surface area contributed by atoms with Crippen LogP contribution in [0.15, 0.2) is 0 Å². The van der Waals surface area contributed by atoms with E-state index in [1.54, 1.807) is 0 Å². The molecule has 0 aromatic carbocycles. The van der Waals surface area contributed by atoms with Gasteiger partial charge >= 0.3 is 5.97 Å². The van der Waals surface area contributed by atoms with Crippen molar-refractivity contribution in [1.29, 1.82) is 0 Å². The average molecular weight is 273 g/mol. The second kappa shape index (κ2) is 8.12. The molecular weight excluding hydrogens is 250 g/mol. The third-order valence-corrected chi connectivity index (χ3v) is 3.57. The molecule has 1 heterocycles. The SMILES string of the molecule is COCCN(CC(=O)O)C(=O)C(C)C1CCOCC1. The van der Waals surface area contributed by atoms with Crippen LogP contribution in [0, 0.1) is 11.8 Å². The van der Waals surface area contributed by atoms with Gasteiger partial charge < -0.3 is 19.5 Å². The summed E-state index contributed by atoms with van der Waals surface area (Å²) >= 11 is 0. The molecule has 19 heavy (non-hydrogen) atoms. The molecule has 6 heteroatoms. The van der Waals surface area contributed by atoms with E-state index in [0.717, 1.165) is 12.8 Å². The minimum Gasteiger partial charge on any atom is -0.480 e. The van der Waals surface area contributed by atoms with Gasteiger partial charge in [-0.05, 0) is 18.8 Å². The van der Waals surface area contributed by atoms with E-state index >= 15 is 0 Å². The molecule has 0 aromatic rings. The van der Waals surface area contributed by atoms with Gasteiger partial charge in [0.05, 0.1) is 6.61 Å². The Morgan fingerprint density at radius 2 is 2.05 bits per heavy atom. The Bertz CT molecular complexity index is 301. The van der Waals surface area contributed by atoms with Crippen LogP contribution in [0.3, 0.4) is 0 Å². The molecular formula is C13H23NO5. The molecule has 110 valence electrons. The van der Waals surface area contributed by atoms with Crippen molar-refractivity contribution < 1.29 is 24.2 Å². The van der Waals surface area contributed by atoms with Gasteiger partial charge in [0.2, 0.25) is 5.91 Å². The number of carbonyl (C=O) groups is 2. The molecule has 0 aromatic heterocycles. The summed E-state index contributed by atoms with van der Waals surface area (Å²) in [5, 5.41) is 8.87. The van der Waals surface area contributed by atoms with Crippen molar-refractivity contribution in [2.24, 2.45) is 11.8 Å². The van der Waals surface area contributed by atoms with Crippen molar-refractivity contribution in [2.45, 2.75) is 19.8 Å². The molecule has 1 amide bonds. The quantitative estimate of drug-likeness (QED) is 0.735. The summed E-state index contributed by atoms with van der Waals surface area (Å²) in [6, 6.07) is 0. The fourth-order valence-electron chi connectivity index (χ4n) is 2.34. The van der Waals surface area contributed by atoms with E-state index in [2.05, 4.69) is 0 Å². The van der Waals surface area contributed by atoms with Gasteiger partial charge in [0.1, 0.15) is 6.54 Å². The van der Waals surface area contributed by atoms with Crippen LogP contribution in [0.1, 0.15) is 19.8 Å². The fraction of sp³-hybridized carbons (Fsp3) is 0.846. The Labute approximate surface area is 113 Å². The molecule has 0 bridgehead atoms. The number of methoxy groups -OCH3 is 1. The zero-order chi connectivity index (χ0) is 14.3. The Kier molecular flexibility index (Phi) is 6.80. The summed E-state index contributed by atoms with van der Waals surface area (Å²) in [7, 11) is 1.53. The van der Waals surface area contributed by atoms with Gasteiger partial charge in [-0.2, -0.15) is 0 Å². The van der Waals surface area contributed by atoms with Crippen molar-refractivity contribution in [3.63, 3.8) is 0 Å². The van der Waals surface area contributed by atoms with Gasteiger partial charge in [-0.1, -0.05) is 6.92 Å². The van der Waals surface area contributed by atoms with Gasteiger partial charge in [0, 0.05) is 32.8 Å². The number of aliphatic carboxylic acids is 1. The highest BCUT2D eigenvalue weighted by Gasteiger charge is 2.29. The molecule has 1 N–H and O–H groups in total. The number of carbonyl (C=O) groups excluding carboxylic acids is 1. The van der Waals surface area contributed by atoms with Gasteiger partial charge in [0.25, 0.3) is 0 Å². The summed E-state index contributed by atoms with van der Waals surface area (Å²) in [5.74, 6) is -0.991. The first-order valence-corrected chi connectivity index (χ1v) is 6.63. The second-order valence-corrected chi connectivity index (χ2v) is 4.88. The molecule has 1 aliphatic heterocycles. The lowest BCUT2D eigenvalue weighted by Crippen LogP contribution is -2.43. The Balaban J connectivity index is 2.59. The number of rotatable bonds is 7. The number of nitrogens with zero attached hydrogens (tertiary/aromatic N) is 1. The lowest BCUT2D eigenvalue weighted by Gasteiger charge is -2.31. The van der Waals surface area contributed by atoms with Crippen LogP contribution in [0.2, 0.25) is 0 Å². The number of carboxylic acid groups (broad SMARTS) is 1. The van der Waals surface area contributed by atoms with Gasteiger partial charge in [0.15, 0.2) is 0 Å². The zero-order valence-electron chi connectivity index (χ0n) is 11.6. The summed E-state index contributed by atoms with van der Waals surface area (Å²) in [5.41, 5.74) is 0. The van der Waals surface area contributed by atoms with Crippen LogP contribution in [0.4, 0.5) is 0 Å². The van der Waals surface area contributed by atoms with E-state index < -0.39 is 5.97 Å². The maximum atomic E-state index is 12.4. The standard InChI is InChI=1S/C13H23NO5/c1-10(11-3-6-19-7-4-11)13(17)14(5-8-18-2)9-12(15)16/h10-11H,3-9H2,1-2H3,(H,15,16). The second-order valence-electron chi connectivity index (χ2n) is 4.88. The van der Waals surface area contributed by atoms with Crippen molar-refractivity contribution >= 4 is 11.9 Å². The zero-order valence-corrected chi connectivity index (χ0v) is 11.6. The van der Waals surface area contributed by atoms with Crippen LogP contribution >= 0.6 is 0 Å². The third-order valence-electron chi connectivity index (χ3n) is 3.57. The molecule has 6 nitrogen and oxygen atoms in total. The topological polar surface area (TPSA) is 76.1 Å². The molecule has 1 aliphatic rings. The monoisotopic (exact) mass is 273 g/mol. The van der Waals surface area contributed by atoms with E-state index in [9.17, 15) is 9.59 Å². The third kappa shape index (κ3) is 5.16. The summed E-state index contributed by atoms with van der Waals surface area (Å²) in [6.07, 6.45) is 1.72. The highest BCUT2D eigenvalue weighted by atomic mass is 16.5. The number of carboxylic acids is 1. The van der Waals surface area contributed by atoms with Crippen LogP contribution in [0.5, 0.6) is 0 Å². The van der Waals surface area contributed by atoms with Crippen molar-refractivity contribution in [3.05, 3.63) is 0 Å². The summed E-state index contributed by atoms with van der Waals surface area (Å²) < 4.78 is 10.2. The summed E-state index contributed by atoms with van der Waals surface area (Å²) in [4.78, 5) is 24.5. The van der Waals surface area contributed by atoms with E-state index in [4.69, 9.17) is 14.6 Å². The molecule has 1 fully saturated rings. The van der Waals surface area contributed by atoms with Gasteiger partial charge in [-0.3, -0.25) is 9.59 Å². The smallest absolute Gasteiger partial charge is 0.323 e. The first-order chi connectivity index (χ1) is 9.06. The lowest BCUT2D eigenvalue weighted by atomic mass is 9.86. The molecule has 0 radical (unpaired) electrons. The largest absolute Gasteiger partial charge is 0.480 e. The van der Waals surface area contributed by atoms with Crippen molar-refractivity contribution in [2.75, 3.05) is 40.0 Å². The molecule has 0 aliphatic carbocycles. The van der Waals surface area contributed by atoms with Crippen molar-refractivity contribution in [3.8, 4) is 0 Å². The maximum absolute atomic E-state index is 12.4. The number of hydrogen-bond acceptors (Lipinski definition) is 4. The average Bonchev–Trinajstić information content (AvgIpc) is 2.42. The minimum atomic E-state index is -0.997. The predicted molar refractivity (Wildman–Crippen MR) is 68.8 cm³/mol.